The monoisotopic (exact) mass is 606 g/mol. The molecule has 1 N–H and O–H groups in total. The van der Waals surface area contributed by atoms with Gasteiger partial charge in [-0.05, 0) is 85.6 Å². The van der Waals surface area contributed by atoms with E-state index in [1.807, 2.05) is 30.3 Å². The average molecular weight is 607 g/mol. The molecule has 0 saturated carbocycles. The quantitative estimate of drug-likeness (QED) is 0.0799. The number of hydrazone groups is 1. The highest BCUT2D eigenvalue weighted by Crippen LogP contribution is 2.30. The normalized spacial score (nSPS) is 11.5. The first-order chi connectivity index (χ1) is 20.3. The fourth-order valence-corrected chi connectivity index (χ4v) is 4.13. The summed E-state index contributed by atoms with van der Waals surface area (Å²) in [5, 5.41) is 4.59. The van der Waals surface area contributed by atoms with Gasteiger partial charge in [0, 0.05) is 5.02 Å². The number of ether oxygens (including phenoxy) is 4. The topological polar surface area (TPSA) is 95.5 Å². The lowest BCUT2D eigenvalue weighted by Crippen LogP contribution is -2.33. The third-order valence-electron chi connectivity index (χ3n) is 5.76. The molecular formula is C32H28Cl2N2O6. The first kappa shape index (κ1) is 30.4. The first-order valence-corrected chi connectivity index (χ1v) is 13.8. The van der Waals surface area contributed by atoms with Crippen LogP contribution in [0.15, 0.2) is 96.1 Å². The Bertz CT molecular complexity index is 1540. The van der Waals surface area contributed by atoms with Gasteiger partial charge in [-0.15, -0.1) is 0 Å². The van der Waals surface area contributed by atoms with E-state index in [0.717, 1.165) is 5.56 Å². The molecule has 0 aromatic heterocycles. The molecule has 1 unspecified atom stereocenters. The minimum atomic E-state index is -0.807. The Hall–Kier alpha value is -4.53. The van der Waals surface area contributed by atoms with Gasteiger partial charge in [0.2, 0.25) is 0 Å². The third-order valence-corrected chi connectivity index (χ3v) is 6.31. The summed E-state index contributed by atoms with van der Waals surface area (Å²) in [6, 6.07) is 26.2. The molecule has 4 aromatic carbocycles. The zero-order valence-corrected chi connectivity index (χ0v) is 24.4. The molecule has 4 aromatic rings. The number of nitrogens with zero attached hydrogens (tertiary/aromatic N) is 1. The van der Waals surface area contributed by atoms with Crippen molar-refractivity contribution in [1.29, 1.82) is 0 Å². The van der Waals surface area contributed by atoms with E-state index < -0.39 is 18.0 Å². The molecule has 42 heavy (non-hydrogen) atoms. The Morgan fingerprint density at radius 3 is 2.33 bits per heavy atom. The fraction of sp³-hybridized carbons (Fsp3) is 0.156. The number of esters is 1. The summed E-state index contributed by atoms with van der Waals surface area (Å²) in [4.78, 5) is 25.1. The molecule has 0 aliphatic carbocycles. The van der Waals surface area contributed by atoms with Crippen LogP contribution in [0.3, 0.4) is 0 Å². The smallest absolute Gasteiger partial charge is 0.345 e. The summed E-state index contributed by atoms with van der Waals surface area (Å²) in [5.41, 5.74) is 4.29. The van der Waals surface area contributed by atoms with Crippen LogP contribution in [-0.4, -0.2) is 30.8 Å². The maximum absolute atomic E-state index is 12.6. The highest BCUT2D eigenvalue weighted by molar-refractivity contribution is 6.36. The number of nitrogens with one attached hydrogen (secondary N) is 1. The van der Waals surface area contributed by atoms with Crippen LogP contribution in [0.2, 0.25) is 10.0 Å². The van der Waals surface area contributed by atoms with Crippen molar-refractivity contribution in [3.63, 3.8) is 0 Å². The molecule has 0 spiro atoms. The lowest BCUT2D eigenvalue weighted by Gasteiger charge is -2.14. The molecule has 0 heterocycles. The van der Waals surface area contributed by atoms with Gasteiger partial charge in [0.25, 0.3) is 5.91 Å². The molecule has 0 bridgehead atoms. The van der Waals surface area contributed by atoms with E-state index >= 15 is 0 Å². The van der Waals surface area contributed by atoms with Gasteiger partial charge in [-0.1, -0.05) is 53.5 Å². The maximum Gasteiger partial charge on any atom is 0.345 e. The molecule has 216 valence electrons. The van der Waals surface area contributed by atoms with Gasteiger partial charge in [0.15, 0.2) is 17.6 Å². The second kappa shape index (κ2) is 14.9. The Morgan fingerprint density at radius 1 is 0.881 bits per heavy atom. The molecule has 1 amide bonds. The SMILES string of the molecule is CCOc1cc(/C=N/NC(=O)C(C)Oc2ccc(OCc3ccccc3)cc2)ccc1OC(=O)c1ccc(Cl)cc1Cl. The van der Waals surface area contributed by atoms with Crippen LogP contribution in [0, 0.1) is 0 Å². The van der Waals surface area contributed by atoms with Crippen molar-refractivity contribution in [2.45, 2.75) is 26.6 Å². The number of halogens is 2. The molecule has 1 atom stereocenters. The number of carbonyl (C=O) groups is 2. The van der Waals surface area contributed by atoms with Gasteiger partial charge in [-0.2, -0.15) is 5.10 Å². The number of amides is 1. The maximum atomic E-state index is 12.6. The Labute approximate surface area is 253 Å². The van der Waals surface area contributed by atoms with Crippen LogP contribution < -0.4 is 24.4 Å². The Balaban J connectivity index is 1.30. The van der Waals surface area contributed by atoms with E-state index in [1.54, 1.807) is 62.4 Å². The lowest BCUT2D eigenvalue weighted by atomic mass is 10.2. The number of rotatable bonds is 12. The van der Waals surface area contributed by atoms with E-state index in [2.05, 4.69) is 10.5 Å². The summed E-state index contributed by atoms with van der Waals surface area (Å²) >= 11 is 12.0. The molecular weight excluding hydrogens is 579 g/mol. The van der Waals surface area contributed by atoms with Crippen molar-refractivity contribution in [2.24, 2.45) is 5.10 Å². The molecule has 0 saturated heterocycles. The molecule has 8 nitrogen and oxygen atoms in total. The Kier molecular flexibility index (Phi) is 10.8. The summed E-state index contributed by atoms with van der Waals surface area (Å²) in [7, 11) is 0. The third kappa shape index (κ3) is 8.73. The van der Waals surface area contributed by atoms with Crippen LogP contribution in [0.25, 0.3) is 0 Å². The average Bonchev–Trinajstić information content (AvgIpc) is 2.98. The second-order valence-corrected chi connectivity index (χ2v) is 9.74. The zero-order chi connectivity index (χ0) is 29.9. The minimum Gasteiger partial charge on any atom is -0.490 e. The predicted octanol–water partition coefficient (Wildman–Crippen LogP) is 7.11. The summed E-state index contributed by atoms with van der Waals surface area (Å²) < 4.78 is 22.6. The summed E-state index contributed by atoms with van der Waals surface area (Å²) in [6.45, 7) is 4.21. The second-order valence-electron chi connectivity index (χ2n) is 8.89. The lowest BCUT2D eigenvalue weighted by molar-refractivity contribution is -0.127. The van der Waals surface area contributed by atoms with Gasteiger partial charge in [-0.25, -0.2) is 10.2 Å². The number of carbonyl (C=O) groups excluding carboxylic acids is 2. The highest BCUT2D eigenvalue weighted by Gasteiger charge is 2.17. The van der Waals surface area contributed by atoms with Crippen molar-refractivity contribution in [2.75, 3.05) is 6.61 Å². The number of hydrogen-bond acceptors (Lipinski definition) is 7. The van der Waals surface area contributed by atoms with Gasteiger partial charge in [-0.3, -0.25) is 4.79 Å². The van der Waals surface area contributed by atoms with Gasteiger partial charge in [0.1, 0.15) is 18.1 Å². The van der Waals surface area contributed by atoms with E-state index in [0.29, 0.717) is 41.0 Å². The van der Waals surface area contributed by atoms with Crippen molar-refractivity contribution < 1.29 is 28.5 Å². The summed E-state index contributed by atoms with van der Waals surface area (Å²) in [6.07, 6.45) is 0.631. The van der Waals surface area contributed by atoms with Crippen molar-refractivity contribution >= 4 is 41.3 Å². The van der Waals surface area contributed by atoms with E-state index in [-0.39, 0.29) is 16.3 Å². The van der Waals surface area contributed by atoms with Gasteiger partial charge >= 0.3 is 5.97 Å². The van der Waals surface area contributed by atoms with Crippen LogP contribution >= 0.6 is 23.2 Å². The van der Waals surface area contributed by atoms with Crippen molar-refractivity contribution in [1.82, 2.24) is 5.43 Å². The molecule has 0 radical (unpaired) electrons. The van der Waals surface area contributed by atoms with E-state index in [1.165, 1.54) is 18.3 Å². The first-order valence-electron chi connectivity index (χ1n) is 13.0. The minimum absolute atomic E-state index is 0.167. The Morgan fingerprint density at radius 2 is 1.62 bits per heavy atom. The molecule has 4 rings (SSSR count). The molecule has 10 heteroatoms. The van der Waals surface area contributed by atoms with Crippen LogP contribution in [-0.2, 0) is 11.4 Å². The van der Waals surface area contributed by atoms with E-state index in [4.69, 9.17) is 42.1 Å². The highest BCUT2D eigenvalue weighted by atomic mass is 35.5. The predicted molar refractivity (Wildman–Crippen MR) is 162 cm³/mol. The van der Waals surface area contributed by atoms with Crippen LogP contribution in [0.1, 0.15) is 35.3 Å². The van der Waals surface area contributed by atoms with Crippen LogP contribution in [0.5, 0.6) is 23.0 Å². The van der Waals surface area contributed by atoms with Gasteiger partial charge < -0.3 is 18.9 Å². The summed E-state index contributed by atoms with van der Waals surface area (Å²) in [5.74, 6) is 0.626. The van der Waals surface area contributed by atoms with Crippen molar-refractivity contribution in [3.8, 4) is 23.0 Å². The molecule has 0 aliphatic heterocycles. The van der Waals surface area contributed by atoms with E-state index in [9.17, 15) is 9.59 Å². The number of benzene rings is 4. The van der Waals surface area contributed by atoms with Crippen molar-refractivity contribution in [3.05, 3.63) is 118 Å². The fourth-order valence-electron chi connectivity index (χ4n) is 3.64. The molecule has 0 fully saturated rings. The van der Waals surface area contributed by atoms with Crippen LogP contribution in [0.4, 0.5) is 0 Å². The largest absolute Gasteiger partial charge is 0.490 e. The van der Waals surface area contributed by atoms with Gasteiger partial charge in [0.05, 0.1) is 23.4 Å². The molecule has 0 aliphatic rings. The standard InChI is InChI=1S/C32H28Cl2N2O6/c1-3-39-30-17-23(9-16-29(30)42-32(38)27-15-10-24(33)18-28(27)34)19-35-36-31(37)21(2)41-26-13-11-25(12-14-26)40-20-22-7-5-4-6-8-22/h4-19,21H,3,20H2,1-2H3,(H,36,37)/b35-19+. The number of hydrogen-bond donors (Lipinski definition) is 1. The zero-order valence-electron chi connectivity index (χ0n) is 22.9.